The molecule has 8 heteroatoms. The second-order valence-electron chi connectivity index (χ2n) is 6.83. The molecule has 2 aromatic rings. The third-order valence-corrected chi connectivity index (χ3v) is 5.00. The van der Waals surface area contributed by atoms with E-state index in [2.05, 4.69) is 15.5 Å². The van der Waals surface area contributed by atoms with Crippen LogP contribution in [0.1, 0.15) is 11.6 Å². The highest BCUT2D eigenvalue weighted by Crippen LogP contribution is 2.23. The van der Waals surface area contributed by atoms with Crippen LogP contribution >= 0.6 is 0 Å². The zero-order valence-electron chi connectivity index (χ0n) is 17.2. The van der Waals surface area contributed by atoms with Gasteiger partial charge in [-0.2, -0.15) is 0 Å². The van der Waals surface area contributed by atoms with Crippen LogP contribution in [0.25, 0.3) is 0 Å². The Bertz CT molecular complexity index is 833. The van der Waals surface area contributed by atoms with E-state index in [1.807, 2.05) is 24.3 Å². The predicted molar refractivity (Wildman–Crippen MR) is 113 cm³/mol. The standard InChI is InChI=1S/C22H27N3O5/c1-28-18-7-3-16(4-8-18)20(25-11-13-30-14-12-25)15-23-21(26)22(27)24-17-5-9-19(29-2)10-6-17/h3-10,20H,11-15H2,1-2H3,(H,23,26)(H,24,27)/t20-/m0/s1. The van der Waals surface area contributed by atoms with Crippen molar-refractivity contribution in [3.63, 3.8) is 0 Å². The molecule has 1 aliphatic rings. The Labute approximate surface area is 176 Å². The minimum absolute atomic E-state index is 0.0717. The second-order valence-corrected chi connectivity index (χ2v) is 6.83. The van der Waals surface area contributed by atoms with E-state index in [0.29, 0.717) is 31.2 Å². The summed E-state index contributed by atoms with van der Waals surface area (Å²) in [7, 11) is 3.19. The Morgan fingerprint density at radius 2 is 1.50 bits per heavy atom. The van der Waals surface area contributed by atoms with Gasteiger partial charge in [-0.05, 0) is 42.0 Å². The fourth-order valence-corrected chi connectivity index (χ4v) is 3.30. The molecule has 1 heterocycles. The number of ether oxygens (including phenoxy) is 3. The highest BCUT2D eigenvalue weighted by atomic mass is 16.5. The molecule has 1 saturated heterocycles. The summed E-state index contributed by atoms with van der Waals surface area (Å²) in [6, 6.07) is 14.4. The first-order chi connectivity index (χ1) is 14.6. The van der Waals surface area contributed by atoms with Crippen LogP contribution in [0.3, 0.4) is 0 Å². The number of rotatable bonds is 7. The third kappa shape index (κ3) is 5.71. The molecule has 1 fully saturated rings. The quantitative estimate of drug-likeness (QED) is 0.674. The number of benzene rings is 2. The van der Waals surface area contributed by atoms with Crippen LogP contribution in [0.2, 0.25) is 0 Å². The number of anilines is 1. The monoisotopic (exact) mass is 413 g/mol. The fraction of sp³-hybridized carbons (Fsp3) is 0.364. The van der Waals surface area contributed by atoms with Gasteiger partial charge in [-0.15, -0.1) is 0 Å². The smallest absolute Gasteiger partial charge is 0.313 e. The first-order valence-corrected chi connectivity index (χ1v) is 9.79. The third-order valence-electron chi connectivity index (χ3n) is 5.00. The van der Waals surface area contributed by atoms with Gasteiger partial charge in [0.1, 0.15) is 11.5 Å². The molecule has 0 radical (unpaired) electrons. The van der Waals surface area contributed by atoms with Crippen LogP contribution in [-0.4, -0.2) is 63.8 Å². The van der Waals surface area contributed by atoms with E-state index in [1.165, 1.54) is 0 Å². The molecule has 0 aromatic heterocycles. The summed E-state index contributed by atoms with van der Waals surface area (Å²) in [6.07, 6.45) is 0. The summed E-state index contributed by atoms with van der Waals surface area (Å²) in [5.41, 5.74) is 1.56. The molecule has 0 bridgehead atoms. The van der Waals surface area contributed by atoms with Crippen molar-refractivity contribution in [2.45, 2.75) is 6.04 Å². The highest BCUT2D eigenvalue weighted by molar-refractivity contribution is 6.39. The highest BCUT2D eigenvalue weighted by Gasteiger charge is 2.24. The average molecular weight is 413 g/mol. The summed E-state index contributed by atoms with van der Waals surface area (Å²) in [6.45, 7) is 3.09. The summed E-state index contributed by atoms with van der Waals surface area (Å²) >= 11 is 0. The molecule has 1 atom stereocenters. The van der Waals surface area contributed by atoms with Crippen molar-refractivity contribution in [3.8, 4) is 11.5 Å². The molecule has 2 aromatic carbocycles. The maximum Gasteiger partial charge on any atom is 0.313 e. The van der Waals surface area contributed by atoms with E-state index in [9.17, 15) is 9.59 Å². The Morgan fingerprint density at radius 3 is 2.07 bits per heavy atom. The average Bonchev–Trinajstić information content (AvgIpc) is 2.80. The molecule has 8 nitrogen and oxygen atoms in total. The molecule has 0 saturated carbocycles. The van der Waals surface area contributed by atoms with Crippen molar-refractivity contribution < 1.29 is 23.8 Å². The topological polar surface area (TPSA) is 89.1 Å². The number of methoxy groups -OCH3 is 2. The molecule has 0 spiro atoms. The Kier molecular flexibility index (Phi) is 7.64. The van der Waals surface area contributed by atoms with Crippen LogP contribution in [0.15, 0.2) is 48.5 Å². The van der Waals surface area contributed by atoms with E-state index < -0.39 is 11.8 Å². The lowest BCUT2D eigenvalue weighted by molar-refractivity contribution is -0.136. The van der Waals surface area contributed by atoms with Gasteiger partial charge < -0.3 is 24.8 Å². The van der Waals surface area contributed by atoms with Gasteiger partial charge in [0.05, 0.1) is 33.5 Å². The Morgan fingerprint density at radius 1 is 0.933 bits per heavy atom. The van der Waals surface area contributed by atoms with Gasteiger partial charge in [0, 0.05) is 25.3 Å². The minimum Gasteiger partial charge on any atom is -0.497 e. The summed E-state index contributed by atoms with van der Waals surface area (Å²) in [5.74, 6) is 0.0425. The molecular formula is C22H27N3O5. The Balaban J connectivity index is 1.62. The van der Waals surface area contributed by atoms with Crippen LogP contribution in [0.5, 0.6) is 11.5 Å². The summed E-state index contributed by atoms with van der Waals surface area (Å²) in [5, 5.41) is 5.35. The molecule has 30 heavy (non-hydrogen) atoms. The number of hydrogen-bond donors (Lipinski definition) is 2. The van der Waals surface area contributed by atoms with E-state index >= 15 is 0 Å². The van der Waals surface area contributed by atoms with Crippen LogP contribution in [-0.2, 0) is 14.3 Å². The van der Waals surface area contributed by atoms with Crippen molar-refractivity contribution in [2.75, 3.05) is 52.4 Å². The maximum absolute atomic E-state index is 12.4. The first-order valence-electron chi connectivity index (χ1n) is 9.79. The second kappa shape index (κ2) is 10.6. The van der Waals surface area contributed by atoms with Crippen molar-refractivity contribution >= 4 is 17.5 Å². The lowest BCUT2D eigenvalue weighted by Crippen LogP contribution is -2.45. The summed E-state index contributed by atoms with van der Waals surface area (Å²) < 4.78 is 15.8. The lowest BCUT2D eigenvalue weighted by Gasteiger charge is -2.34. The lowest BCUT2D eigenvalue weighted by atomic mass is 10.0. The molecule has 0 unspecified atom stereocenters. The number of nitrogens with zero attached hydrogens (tertiary/aromatic N) is 1. The van der Waals surface area contributed by atoms with E-state index in [4.69, 9.17) is 14.2 Å². The van der Waals surface area contributed by atoms with Crippen molar-refractivity contribution in [3.05, 3.63) is 54.1 Å². The van der Waals surface area contributed by atoms with E-state index in [1.54, 1.807) is 38.5 Å². The zero-order chi connectivity index (χ0) is 21.3. The molecule has 2 amide bonds. The number of nitrogens with one attached hydrogen (secondary N) is 2. The van der Waals surface area contributed by atoms with Crippen molar-refractivity contribution in [2.24, 2.45) is 0 Å². The van der Waals surface area contributed by atoms with Crippen molar-refractivity contribution in [1.29, 1.82) is 0 Å². The number of carbonyl (C=O) groups is 2. The molecule has 3 rings (SSSR count). The Hall–Kier alpha value is -3.10. The number of morpholine rings is 1. The van der Waals surface area contributed by atoms with Gasteiger partial charge in [-0.1, -0.05) is 12.1 Å². The van der Waals surface area contributed by atoms with E-state index in [0.717, 1.165) is 24.4 Å². The molecule has 2 N–H and O–H groups in total. The van der Waals surface area contributed by atoms with Gasteiger partial charge >= 0.3 is 11.8 Å². The van der Waals surface area contributed by atoms with Gasteiger partial charge in [-0.3, -0.25) is 14.5 Å². The zero-order valence-corrected chi connectivity index (χ0v) is 17.2. The van der Waals surface area contributed by atoms with Gasteiger partial charge in [0.15, 0.2) is 0 Å². The SMILES string of the molecule is COc1ccc(NC(=O)C(=O)NC[C@@H](c2ccc(OC)cc2)N2CCOCC2)cc1. The van der Waals surface area contributed by atoms with Crippen LogP contribution < -0.4 is 20.1 Å². The number of amides is 2. The maximum atomic E-state index is 12.4. The van der Waals surface area contributed by atoms with Gasteiger partial charge in [0.2, 0.25) is 0 Å². The largest absolute Gasteiger partial charge is 0.497 e. The van der Waals surface area contributed by atoms with Crippen LogP contribution in [0, 0.1) is 0 Å². The normalized spacial score (nSPS) is 15.1. The molecular weight excluding hydrogens is 386 g/mol. The summed E-state index contributed by atoms with van der Waals surface area (Å²) in [4.78, 5) is 26.9. The molecule has 1 aliphatic heterocycles. The number of hydrogen-bond acceptors (Lipinski definition) is 6. The van der Waals surface area contributed by atoms with E-state index in [-0.39, 0.29) is 6.04 Å². The first kappa shape index (κ1) is 21.6. The van der Waals surface area contributed by atoms with Crippen molar-refractivity contribution in [1.82, 2.24) is 10.2 Å². The minimum atomic E-state index is -0.712. The molecule has 160 valence electrons. The van der Waals surface area contributed by atoms with Gasteiger partial charge in [-0.25, -0.2) is 0 Å². The predicted octanol–water partition coefficient (Wildman–Crippen LogP) is 1.83. The molecule has 0 aliphatic carbocycles. The fourth-order valence-electron chi connectivity index (χ4n) is 3.30. The number of carbonyl (C=O) groups excluding carboxylic acids is 2. The van der Waals surface area contributed by atoms with Gasteiger partial charge in [0.25, 0.3) is 0 Å². The van der Waals surface area contributed by atoms with Crippen LogP contribution in [0.4, 0.5) is 5.69 Å².